The Bertz CT molecular complexity index is 381. The Balaban J connectivity index is 2.02. The molecule has 100 valence electrons. The van der Waals surface area contributed by atoms with Gasteiger partial charge in [-0.25, -0.2) is 0 Å². The molecule has 1 aromatic carbocycles. The normalized spacial score (nSPS) is 22.3. The van der Waals surface area contributed by atoms with E-state index in [1.165, 1.54) is 11.1 Å². The summed E-state index contributed by atoms with van der Waals surface area (Å²) in [5, 5.41) is 0. The van der Waals surface area contributed by atoms with Crippen LogP contribution in [0.1, 0.15) is 37.5 Å². The molecule has 3 atom stereocenters. The topological polar surface area (TPSA) is 44.5 Å². The fourth-order valence-electron chi connectivity index (χ4n) is 2.50. The monoisotopic (exact) mass is 249 g/mol. The van der Waals surface area contributed by atoms with Crippen molar-refractivity contribution in [2.75, 3.05) is 13.2 Å². The second-order valence-corrected chi connectivity index (χ2v) is 4.87. The van der Waals surface area contributed by atoms with Crippen LogP contribution in [-0.2, 0) is 15.9 Å². The number of fused-ring (bicyclic) bond motifs is 1. The van der Waals surface area contributed by atoms with Crippen molar-refractivity contribution in [3.8, 4) is 0 Å². The third kappa shape index (κ3) is 3.10. The van der Waals surface area contributed by atoms with Crippen molar-refractivity contribution >= 4 is 0 Å². The second-order valence-electron chi connectivity index (χ2n) is 4.87. The highest BCUT2D eigenvalue weighted by molar-refractivity contribution is 5.31. The second kappa shape index (κ2) is 6.32. The molecule has 0 amide bonds. The summed E-state index contributed by atoms with van der Waals surface area (Å²) in [6, 6.07) is 8.50. The van der Waals surface area contributed by atoms with Crippen LogP contribution < -0.4 is 5.73 Å². The van der Waals surface area contributed by atoms with Crippen LogP contribution in [0, 0.1) is 0 Å². The van der Waals surface area contributed by atoms with Gasteiger partial charge in [-0.1, -0.05) is 24.3 Å². The Labute approximate surface area is 109 Å². The highest BCUT2D eigenvalue weighted by atomic mass is 16.5. The van der Waals surface area contributed by atoms with Crippen molar-refractivity contribution < 1.29 is 9.47 Å². The molecule has 0 fully saturated rings. The number of rotatable bonds is 5. The van der Waals surface area contributed by atoms with Gasteiger partial charge in [0.1, 0.15) is 0 Å². The molecule has 1 aliphatic rings. The van der Waals surface area contributed by atoms with Crippen LogP contribution in [0.5, 0.6) is 0 Å². The molecule has 2 N–H and O–H groups in total. The van der Waals surface area contributed by atoms with Crippen LogP contribution >= 0.6 is 0 Å². The van der Waals surface area contributed by atoms with Gasteiger partial charge in [0.25, 0.3) is 0 Å². The van der Waals surface area contributed by atoms with E-state index in [-0.39, 0.29) is 18.2 Å². The smallest absolute Gasteiger partial charge is 0.0843 e. The Kier molecular flexibility index (Phi) is 4.75. The predicted octanol–water partition coefficient (Wildman–Crippen LogP) is 2.44. The number of hydrogen-bond acceptors (Lipinski definition) is 3. The van der Waals surface area contributed by atoms with Crippen molar-refractivity contribution in [1.82, 2.24) is 0 Å². The van der Waals surface area contributed by atoms with E-state index in [0.29, 0.717) is 6.61 Å². The Morgan fingerprint density at radius 1 is 1.44 bits per heavy atom. The summed E-state index contributed by atoms with van der Waals surface area (Å²) < 4.78 is 11.4. The predicted molar refractivity (Wildman–Crippen MR) is 72.5 cm³/mol. The lowest BCUT2D eigenvalue weighted by Crippen LogP contribution is -2.37. The Morgan fingerprint density at radius 2 is 2.22 bits per heavy atom. The van der Waals surface area contributed by atoms with Gasteiger partial charge in [0.15, 0.2) is 0 Å². The molecule has 0 radical (unpaired) electrons. The average molecular weight is 249 g/mol. The number of hydrogen-bond donors (Lipinski definition) is 1. The van der Waals surface area contributed by atoms with Gasteiger partial charge in [-0.2, -0.15) is 0 Å². The van der Waals surface area contributed by atoms with E-state index in [2.05, 4.69) is 24.3 Å². The lowest BCUT2D eigenvalue weighted by Gasteiger charge is -2.30. The highest BCUT2D eigenvalue weighted by Crippen LogP contribution is 2.30. The fraction of sp³-hybridized carbons (Fsp3) is 0.600. The molecular weight excluding hydrogens is 226 g/mol. The minimum absolute atomic E-state index is 0.0149. The van der Waals surface area contributed by atoms with E-state index in [4.69, 9.17) is 15.2 Å². The van der Waals surface area contributed by atoms with Crippen molar-refractivity contribution in [3.63, 3.8) is 0 Å². The summed E-state index contributed by atoms with van der Waals surface area (Å²) in [6.45, 7) is 5.52. The average Bonchev–Trinajstić information content (AvgIpc) is 2.39. The van der Waals surface area contributed by atoms with Gasteiger partial charge in [0, 0.05) is 12.6 Å². The lowest BCUT2D eigenvalue weighted by molar-refractivity contribution is 0.00398. The van der Waals surface area contributed by atoms with Crippen LogP contribution in [0.15, 0.2) is 24.3 Å². The van der Waals surface area contributed by atoms with E-state index in [0.717, 1.165) is 19.4 Å². The lowest BCUT2D eigenvalue weighted by atomic mass is 9.92. The molecule has 1 heterocycles. The quantitative estimate of drug-likeness (QED) is 0.871. The molecule has 2 rings (SSSR count). The van der Waals surface area contributed by atoms with Gasteiger partial charge in [-0.3, -0.25) is 0 Å². The summed E-state index contributed by atoms with van der Waals surface area (Å²) in [5.74, 6) is 0. The molecule has 3 unspecified atom stereocenters. The Morgan fingerprint density at radius 3 is 3.00 bits per heavy atom. The van der Waals surface area contributed by atoms with E-state index in [1.807, 2.05) is 13.8 Å². The summed E-state index contributed by atoms with van der Waals surface area (Å²) >= 11 is 0. The van der Waals surface area contributed by atoms with Gasteiger partial charge in [0.05, 0.1) is 18.8 Å². The first kappa shape index (κ1) is 13.5. The number of benzene rings is 1. The standard InChI is InChI=1S/C15H23NO2/c1-3-17-11(2)14(16)10-15-13-7-5-4-6-12(13)8-9-18-15/h4-7,11,14-15H,3,8-10,16H2,1-2H3. The molecule has 0 saturated heterocycles. The molecule has 0 aromatic heterocycles. The van der Waals surface area contributed by atoms with Crippen LogP contribution in [0.2, 0.25) is 0 Å². The number of ether oxygens (including phenoxy) is 2. The fourth-order valence-corrected chi connectivity index (χ4v) is 2.50. The molecule has 3 nitrogen and oxygen atoms in total. The maximum absolute atomic E-state index is 6.19. The first-order chi connectivity index (χ1) is 8.72. The van der Waals surface area contributed by atoms with Gasteiger partial charge < -0.3 is 15.2 Å². The first-order valence-electron chi connectivity index (χ1n) is 6.79. The van der Waals surface area contributed by atoms with Gasteiger partial charge in [0.2, 0.25) is 0 Å². The molecule has 3 heteroatoms. The molecule has 1 aliphatic heterocycles. The largest absolute Gasteiger partial charge is 0.377 e. The molecule has 0 bridgehead atoms. The third-order valence-corrected chi connectivity index (χ3v) is 3.61. The minimum atomic E-state index is 0.0149. The first-order valence-corrected chi connectivity index (χ1v) is 6.79. The molecule has 18 heavy (non-hydrogen) atoms. The van der Waals surface area contributed by atoms with Crippen molar-refractivity contribution in [2.45, 2.75) is 44.9 Å². The summed E-state index contributed by atoms with van der Waals surface area (Å²) in [6.07, 6.45) is 2.02. The van der Waals surface area contributed by atoms with Crippen LogP contribution in [0.25, 0.3) is 0 Å². The van der Waals surface area contributed by atoms with Crippen LogP contribution in [-0.4, -0.2) is 25.4 Å². The van der Waals surface area contributed by atoms with Gasteiger partial charge in [-0.05, 0) is 37.8 Å². The maximum Gasteiger partial charge on any atom is 0.0843 e. The van der Waals surface area contributed by atoms with Crippen molar-refractivity contribution in [2.24, 2.45) is 5.73 Å². The number of nitrogens with two attached hydrogens (primary N) is 1. The molecule has 0 spiro atoms. The Hall–Kier alpha value is -0.900. The van der Waals surface area contributed by atoms with E-state index >= 15 is 0 Å². The summed E-state index contributed by atoms with van der Waals surface area (Å²) in [7, 11) is 0. The molecular formula is C15H23NO2. The van der Waals surface area contributed by atoms with Crippen LogP contribution in [0.3, 0.4) is 0 Å². The maximum atomic E-state index is 6.19. The molecule has 1 aromatic rings. The summed E-state index contributed by atoms with van der Waals surface area (Å²) in [5.41, 5.74) is 8.87. The van der Waals surface area contributed by atoms with E-state index < -0.39 is 0 Å². The zero-order valence-electron chi connectivity index (χ0n) is 11.3. The molecule has 0 saturated carbocycles. The minimum Gasteiger partial charge on any atom is -0.377 e. The third-order valence-electron chi connectivity index (χ3n) is 3.61. The summed E-state index contributed by atoms with van der Waals surface area (Å²) in [4.78, 5) is 0. The van der Waals surface area contributed by atoms with E-state index in [9.17, 15) is 0 Å². The van der Waals surface area contributed by atoms with Crippen molar-refractivity contribution in [3.05, 3.63) is 35.4 Å². The van der Waals surface area contributed by atoms with Crippen LogP contribution in [0.4, 0.5) is 0 Å². The highest BCUT2D eigenvalue weighted by Gasteiger charge is 2.25. The van der Waals surface area contributed by atoms with E-state index in [1.54, 1.807) is 0 Å². The SMILES string of the molecule is CCOC(C)C(N)CC1OCCc2ccccc21. The zero-order valence-corrected chi connectivity index (χ0v) is 11.3. The zero-order chi connectivity index (χ0) is 13.0. The van der Waals surface area contributed by atoms with Gasteiger partial charge in [-0.15, -0.1) is 0 Å². The van der Waals surface area contributed by atoms with Gasteiger partial charge >= 0.3 is 0 Å². The molecule has 0 aliphatic carbocycles. The van der Waals surface area contributed by atoms with Crippen molar-refractivity contribution in [1.29, 1.82) is 0 Å².